The molecule has 0 radical (unpaired) electrons. The minimum Gasteiger partial charge on any atom is -0.497 e. The summed E-state index contributed by atoms with van der Waals surface area (Å²) >= 11 is 0. The minimum atomic E-state index is -0.231. The number of benzene rings is 3. The summed E-state index contributed by atoms with van der Waals surface area (Å²) in [4.78, 5) is 30.1. The predicted molar refractivity (Wildman–Crippen MR) is 136 cm³/mol. The molecule has 1 aliphatic rings. The zero-order chi connectivity index (χ0) is 24.2. The molecule has 3 aromatic rings. The molecule has 0 bridgehead atoms. The van der Waals surface area contributed by atoms with Crippen LogP contribution in [0.2, 0.25) is 0 Å². The summed E-state index contributed by atoms with van der Waals surface area (Å²) in [5.41, 5.74) is 6.38. The molecule has 3 amide bonds. The first-order valence-electron chi connectivity index (χ1n) is 11.5. The number of nitrogens with zero attached hydrogens (tertiary/aromatic N) is 2. The van der Waals surface area contributed by atoms with Gasteiger partial charge in [0.25, 0.3) is 5.91 Å². The maximum atomic E-state index is 13.5. The molecule has 0 unspecified atom stereocenters. The van der Waals surface area contributed by atoms with E-state index in [1.54, 1.807) is 36.3 Å². The molecular formula is C28H31N3O3. The molecule has 1 saturated heterocycles. The first kappa shape index (κ1) is 23.4. The monoisotopic (exact) mass is 457 g/mol. The largest absolute Gasteiger partial charge is 0.497 e. The average Bonchev–Trinajstić information content (AvgIpc) is 2.80. The topological polar surface area (TPSA) is 61.9 Å². The Balaban J connectivity index is 1.57. The summed E-state index contributed by atoms with van der Waals surface area (Å²) in [6.07, 6.45) is 0.857. The lowest BCUT2D eigenvalue weighted by Gasteiger charge is -2.36. The van der Waals surface area contributed by atoms with Crippen LogP contribution in [-0.2, 0) is 6.54 Å². The van der Waals surface area contributed by atoms with Crippen molar-refractivity contribution in [1.29, 1.82) is 0 Å². The summed E-state index contributed by atoms with van der Waals surface area (Å²) < 4.78 is 5.18. The molecule has 0 aliphatic carbocycles. The van der Waals surface area contributed by atoms with Gasteiger partial charge in [-0.3, -0.25) is 9.69 Å². The van der Waals surface area contributed by atoms with Gasteiger partial charge in [0.2, 0.25) is 0 Å². The van der Waals surface area contributed by atoms with Crippen LogP contribution in [0.4, 0.5) is 16.2 Å². The first-order valence-corrected chi connectivity index (χ1v) is 11.5. The van der Waals surface area contributed by atoms with Crippen molar-refractivity contribution < 1.29 is 14.3 Å². The number of hydrogen-bond donors (Lipinski definition) is 1. The second-order valence-electron chi connectivity index (χ2n) is 8.91. The number of urea groups is 1. The van der Waals surface area contributed by atoms with Crippen LogP contribution < -0.4 is 15.0 Å². The Labute approximate surface area is 201 Å². The number of ether oxygens (including phenoxy) is 1. The van der Waals surface area contributed by atoms with Gasteiger partial charge in [-0.2, -0.15) is 0 Å². The highest BCUT2D eigenvalue weighted by atomic mass is 16.5. The molecule has 6 nitrogen and oxygen atoms in total. The van der Waals surface area contributed by atoms with Crippen molar-refractivity contribution in [2.45, 2.75) is 33.7 Å². The third-order valence-electron chi connectivity index (χ3n) is 6.01. The van der Waals surface area contributed by atoms with Crippen molar-refractivity contribution in [2.24, 2.45) is 0 Å². The van der Waals surface area contributed by atoms with Gasteiger partial charge in [0.05, 0.1) is 18.5 Å². The fraction of sp³-hybridized carbons (Fsp3) is 0.286. The lowest BCUT2D eigenvalue weighted by molar-refractivity contribution is 0.102. The second kappa shape index (κ2) is 10.00. The molecule has 3 aromatic carbocycles. The number of aryl methyl sites for hydroxylation is 3. The van der Waals surface area contributed by atoms with Gasteiger partial charge in [-0.05, 0) is 74.7 Å². The van der Waals surface area contributed by atoms with Crippen molar-refractivity contribution in [3.8, 4) is 5.75 Å². The van der Waals surface area contributed by atoms with Crippen LogP contribution in [0.3, 0.4) is 0 Å². The lowest BCUT2D eigenvalue weighted by atomic mass is 10.1. The van der Waals surface area contributed by atoms with Gasteiger partial charge in [-0.15, -0.1) is 0 Å². The van der Waals surface area contributed by atoms with E-state index in [0.29, 0.717) is 42.3 Å². The highest BCUT2D eigenvalue weighted by Crippen LogP contribution is 2.31. The van der Waals surface area contributed by atoms with Crippen LogP contribution in [-0.4, -0.2) is 37.0 Å². The maximum Gasteiger partial charge on any atom is 0.324 e. The van der Waals surface area contributed by atoms with Crippen LogP contribution in [0.1, 0.15) is 39.0 Å². The fourth-order valence-electron chi connectivity index (χ4n) is 4.45. The van der Waals surface area contributed by atoms with E-state index in [1.165, 1.54) is 11.1 Å². The second-order valence-corrected chi connectivity index (χ2v) is 8.91. The van der Waals surface area contributed by atoms with E-state index in [-0.39, 0.29) is 11.9 Å². The Morgan fingerprint density at radius 2 is 1.62 bits per heavy atom. The number of hydrogen-bond acceptors (Lipinski definition) is 3. The van der Waals surface area contributed by atoms with Crippen molar-refractivity contribution >= 4 is 23.3 Å². The average molecular weight is 458 g/mol. The zero-order valence-corrected chi connectivity index (χ0v) is 20.2. The Morgan fingerprint density at radius 1 is 0.912 bits per heavy atom. The van der Waals surface area contributed by atoms with Gasteiger partial charge >= 0.3 is 6.03 Å². The Hall–Kier alpha value is -3.80. The third kappa shape index (κ3) is 5.22. The van der Waals surface area contributed by atoms with Crippen LogP contribution in [0.15, 0.2) is 60.7 Å². The number of anilines is 2. The normalized spacial score (nSPS) is 13.7. The molecular weight excluding hydrogens is 426 g/mol. The van der Waals surface area contributed by atoms with Gasteiger partial charge in [0.15, 0.2) is 0 Å². The van der Waals surface area contributed by atoms with Gasteiger partial charge < -0.3 is 15.0 Å². The third-order valence-corrected chi connectivity index (χ3v) is 6.01. The molecule has 0 saturated carbocycles. The molecule has 4 rings (SSSR count). The summed E-state index contributed by atoms with van der Waals surface area (Å²) in [6, 6.07) is 19.1. The summed E-state index contributed by atoms with van der Waals surface area (Å²) in [5.74, 6) is 0.460. The van der Waals surface area contributed by atoms with E-state index in [2.05, 4.69) is 37.4 Å². The van der Waals surface area contributed by atoms with Gasteiger partial charge in [0, 0.05) is 25.2 Å². The molecule has 1 aliphatic heterocycles. The van der Waals surface area contributed by atoms with Gasteiger partial charge in [-0.25, -0.2) is 4.79 Å². The number of rotatable bonds is 6. The van der Waals surface area contributed by atoms with E-state index in [1.807, 2.05) is 30.0 Å². The highest BCUT2D eigenvalue weighted by molar-refractivity contribution is 6.07. The molecule has 0 aromatic heterocycles. The van der Waals surface area contributed by atoms with Crippen LogP contribution in [0.5, 0.6) is 5.75 Å². The number of carbonyl (C=O) groups is 2. The van der Waals surface area contributed by atoms with Crippen LogP contribution >= 0.6 is 0 Å². The maximum absolute atomic E-state index is 13.5. The minimum absolute atomic E-state index is 0.0470. The van der Waals surface area contributed by atoms with E-state index in [0.717, 1.165) is 17.5 Å². The van der Waals surface area contributed by atoms with Crippen molar-refractivity contribution in [3.63, 3.8) is 0 Å². The summed E-state index contributed by atoms with van der Waals surface area (Å²) in [6.45, 7) is 8.00. The molecule has 0 atom stereocenters. The Bertz CT molecular complexity index is 1180. The zero-order valence-electron chi connectivity index (χ0n) is 20.2. The Kier molecular flexibility index (Phi) is 6.87. The molecule has 1 heterocycles. The number of carbonyl (C=O) groups excluding carboxylic acids is 2. The van der Waals surface area contributed by atoms with E-state index < -0.39 is 0 Å². The smallest absolute Gasteiger partial charge is 0.324 e. The summed E-state index contributed by atoms with van der Waals surface area (Å²) in [7, 11) is 1.59. The van der Waals surface area contributed by atoms with Crippen LogP contribution in [0.25, 0.3) is 0 Å². The lowest BCUT2D eigenvalue weighted by Crippen LogP contribution is -2.49. The number of methoxy groups -OCH3 is 1. The molecule has 1 fully saturated rings. The molecule has 6 heteroatoms. The van der Waals surface area contributed by atoms with Gasteiger partial charge in [0.1, 0.15) is 5.75 Å². The summed E-state index contributed by atoms with van der Waals surface area (Å²) in [5, 5.41) is 3.01. The van der Waals surface area contributed by atoms with E-state index in [9.17, 15) is 9.59 Å². The molecule has 176 valence electrons. The van der Waals surface area contributed by atoms with E-state index >= 15 is 0 Å². The Morgan fingerprint density at radius 3 is 2.29 bits per heavy atom. The van der Waals surface area contributed by atoms with Crippen molar-refractivity contribution in [2.75, 3.05) is 30.4 Å². The highest BCUT2D eigenvalue weighted by Gasteiger charge is 2.29. The molecule has 0 spiro atoms. The SMILES string of the molecule is COc1ccc(C(=O)Nc2cc(C)ccc2N2CCCN(Cc3cc(C)cc(C)c3)C2=O)cc1. The fourth-order valence-corrected chi connectivity index (χ4v) is 4.45. The molecule has 34 heavy (non-hydrogen) atoms. The molecule has 1 N–H and O–H groups in total. The number of amides is 3. The standard InChI is InChI=1S/C28H31N3O3/c1-19-6-11-26(25(17-19)29-27(32)23-7-9-24(34-4)10-8-23)31-13-5-12-30(28(31)33)18-22-15-20(2)14-21(3)16-22/h6-11,14-17H,5,12-13,18H2,1-4H3,(H,29,32). The predicted octanol–water partition coefficient (Wildman–Crippen LogP) is 5.71. The van der Waals surface area contributed by atoms with Gasteiger partial charge in [-0.1, -0.05) is 35.4 Å². The first-order chi connectivity index (χ1) is 16.3. The van der Waals surface area contributed by atoms with Crippen LogP contribution in [0, 0.1) is 20.8 Å². The number of nitrogens with one attached hydrogen (secondary N) is 1. The van der Waals surface area contributed by atoms with E-state index in [4.69, 9.17) is 4.74 Å². The van der Waals surface area contributed by atoms with Crippen molar-refractivity contribution in [3.05, 3.63) is 88.5 Å². The quantitative estimate of drug-likeness (QED) is 0.516. The van der Waals surface area contributed by atoms with Crippen molar-refractivity contribution in [1.82, 2.24) is 4.90 Å².